The van der Waals surface area contributed by atoms with Crippen molar-refractivity contribution in [3.05, 3.63) is 83.1 Å². The van der Waals surface area contributed by atoms with Gasteiger partial charge in [0.2, 0.25) is 0 Å². The van der Waals surface area contributed by atoms with Gasteiger partial charge in [0.25, 0.3) is 5.91 Å². The molecule has 3 amide bonds. The summed E-state index contributed by atoms with van der Waals surface area (Å²) in [6, 6.07) is 12.6. The van der Waals surface area contributed by atoms with Crippen LogP contribution in [0.5, 0.6) is 0 Å². The third kappa shape index (κ3) is 7.28. The van der Waals surface area contributed by atoms with Crippen LogP contribution in [0, 0.1) is 6.92 Å². The molecule has 2 aromatic carbocycles. The number of nitrogens with one attached hydrogen (secondary N) is 2. The van der Waals surface area contributed by atoms with E-state index in [1.54, 1.807) is 12.1 Å². The van der Waals surface area contributed by atoms with E-state index in [0.29, 0.717) is 5.56 Å². The number of carbonyl (C=O) groups excluding carboxylic acids is 3. The fourth-order valence-corrected chi connectivity index (χ4v) is 3.38. The Kier molecular flexibility index (Phi) is 9.40. The van der Waals surface area contributed by atoms with Crippen molar-refractivity contribution in [3.8, 4) is 0 Å². The third-order valence-corrected chi connectivity index (χ3v) is 5.21. The summed E-state index contributed by atoms with van der Waals surface area (Å²) in [4.78, 5) is 49.1. The Morgan fingerprint density at radius 3 is 2.18 bits per heavy atom. The average Bonchev–Trinajstić information content (AvgIpc) is 2.75. The monoisotopic (exact) mass is 459 g/mol. The first-order valence-corrected chi connectivity index (χ1v) is 10.1. The van der Waals surface area contributed by atoms with E-state index in [0.717, 1.165) is 17.5 Å². The number of benzene rings is 2. The number of ketones is 1. The second-order valence-electron chi connectivity index (χ2n) is 7.77. The molecule has 8 nitrogen and oxygen atoms in total. The molecule has 33 heavy (non-hydrogen) atoms. The van der Waals surface area contributed by atoms with Gasteiger partial charge in [-0.2, -0.15) is 0 Å². The molecule has 0 aliphatic carbocycles. The summed E-state index contributed by atoms with van der Waals surface area (Å²) in [5.74, 6) is -2.20. The number of hydrogen-bond donors (Lipinski definition) is 3. The molecule has 0 fully saturated rings. The average molecular weight is 459 g/mol. The molecule has 0 bridgehead atoms. The van der Waals surface area contributed by atoms with E-state index < -0.39 is 35.8 Å². The Morgan fingerprint density at radius 2 is 1.61 bits per heavy atom. The quantitative estimate of drug-likeness (QED) is 0.430. The Balaban J connectivity index is 0.00000385. The van der Waals surface area contributed by atoms with Gasteiger partial charge in [-0.15, -0.1) is 0 Å². The molecule has 1 aliphatic heterocycles. The number of likely N-dealkylation sites (N-methyl/N-ethyl adjacent to an activating group) is 1. The molecule has 168 valence electrons. The van der Waals surface area contributed by atoms with Crippen molar-refractivity contribution < 1.29 is 24.3 Å². The van der Waals surface area contributed by atoms with Gasteiger partial charge in [-0.25, -0.2) is 4.79 Å². The van der Waals surface area contributed by atoms with Crippen molar-refractivity contribution in [2.45, 2.75) is 31.8 Å². The van der Waals surface area contributed by atoms with E-state index in [1.165, 1.54) is 29.8 Å². The summed E-state index contributed by atoms with van der Waals surface area (Å²) in [6.45, 7) is 2.03. The topological polar surface area (TPSA) is 116 Å². The van der Waals surface area contributed by atoms with E-state index in [9.17, 15) is 24.3 Å². The molecule has 1 heterocycles. The standard InChI is InChI=1S/C24H25N3O5.Na.H/c1-15-3-5-16(6-4-15)13-17-7-9-18(10-8-17)19(14-21(29)30)25-24(32)26-22-20(28)11-12-27(2)23(22)31;;/h3-12,19,22H,13-14H2,1-2H3,(H,29,30)(H2,25,26,32);;/t19-,22?;;/m0../s1. The fraction of sp³-hybridized carbons (Fsp3) is 0.250. The third-order valence-electron chi connectivity index (χ3n) is 5.21. The molecule has 3 N–H and O–H groups in total. The summed E-state index contributed by atoms with van der Waals surface area (Å²) in [7, 11) is 1.48. The molecule has 0 radical (unpaired) electrons. The molecule has 2 atom stereocenters. The van der Waals surface area contributed by atoms with Crippen molar-refractivity contribution in [2.75, 3.05) is 7.05 Å². The van der Waals surface area contributed by atoms with Crippen molar-refractivity contribution in [3.63, 3.8) is 0 Å². The van der Waals surface area contributed by atoms with Crippen LogP contribution in [0.15, 0.2) is 60.8 Å². The summed E-state index contributed by atoms with van der Waals surface area (Å²) >= 11 is 0. The zero-order valence-electron chi connectivity index (χ0n) is 17.9. The molecule has 2 aromatic rings. The van der Waals surface area contributed by atoms with Crippen LogP contribution in [0.4, 0.5) is 4.79 Å². The number of nitrogens with zero attached hydrogens (tertiary/aromatic N) is 1. The van der Waals surface area contributed by atoms with Gasteiger partial charge in [0, 0.05) is 19.3 Å². The zero-order valence-corrected chi connectivity index (χ0v) is 17.9. The van der Waals surface area contributed by atoms with Gasteiger partial charge >= 0.3 is 41.6 Å². The molecule has 0 saturated heterocycles. The number of carbonyl (C=O) groups is 4. The van der Waals surface area contributed by atoms with E-state index in [4.69, 9.17) is 0 Å². The normalized spacial score (nSPS) is 16.1. The maximum atomic E-state index is 12.4. The van der Waals surface area contributed by atoms with Crippen molar-refractivity contribution in [1.29, 1.82) is 0 Å². The number of urea groups is 1. The summed E-state index contributed by atoms with van der Waals surface area (Å²) in [6.07, 6.45) is 2.90. The maximum absolute atomic E-state index is 12.4. The van der Waals surface area contributed by atoms with Gasteiger partial charge in [-0.05, 0) is 30.0 Å². The number of rotatable bonds is 7. The second kappa shape index (κ2) is 11.8. The van der Waals surface area contributed by atoms with E-state index in [-0.39, 0.29) is 36.0 Å². The van der Waals surface area contributed by atoms with E-state index >= 15 is 0 Å². The predicted molar refractivity (Wildman–Crippen MR) is 125 cm³/mol. The molecule has 1 unspecified atom stereocenters. The number of carboxylic acids is 1. The molecule has 0 aromatic heterocycles. The van der Waals surface area contributed by atoms with E-state index in [2.05, 4.69) is 22.8 Å². The van der Waals surface area contributed by atoms with Crippen molar-refractivity contribution in [2.24, 2.45) is 0 Å². The molecule has 0 saturated carbocycles. The minimum atomic E-state index is -1.34. The van der Waals surface area contributed by atoms with Crippen molar-refractivity contribution >= 4 is 53.2 Å². The molecular weight excluding hydrogens is 433 g/mol. The van der Waals surface area contributed by atoms with Crippen LogP contribution in [0.1, 0.15) is 34.7 Å². The van der Waals surface area contributed by atoms with Crippen LogP contribution in [0.2, 0.25) is 0 Å². The first kappa shape index (κ1) is 26.3. The molecule has 0 spiro atoms. The Bertz CT molecular complexity index is 1050. The van der Waals surface area contributed by atoms with Crippen LogP contribution in [0.25, 0.3) is 0 Å². The molecule has 9 heteroatoms. The van der Waals surface area contributed by atoms with Crippen LogP contribution in [0.3, 0.4) is 0 Å². The van der Waals surface area contributed by atoms with Crippen LogP contribution >= 0.6 is 0 Å². The summed E-state index contributed by atoms with van der Waals surface area (Å²) < 4.78 is 0. The first-order chi connectivity index (χ1) is 15.2. The van der Waals surface area contributed by atoms with Crippen LogP contribution in [-0.2, 0) is 20.8 Å². The Hall–Kier alpha value is -2.94. The number of amides is 3. The van der Waals surface area contributed by atoms with Gasteiger partial charge < -0.3 is 20.6 Å². The van der Waals surface area contributed by atoms with E-state index in [1.807, 2.05) is 31.2 Å². The van der Waals surface area contributed by atoms with Crippen LogP contribution < -0.4 is 10.6 Å². The molecular formula is C24H26N3NaO5. The second-order valence-corrected chi connectivity index (χ2v) is 7.77. The summed E-state index contributed by atoms with van der Waals surface area (Å²) in [5, 5.41) is 14.2. The SMILES string of the molecule is Cc1ccc(Cc2ccc([C@H](CC(=O)O)NC(=O)NC3C(=O)C=CN(C)C3=O)cc2)cc1.[NaH]. The number of aliphatic carboxylic acids is 1. The van der Waals surface area contributed by atoms with Gasteiger partial charge in [0.15, 0.2) is 11.8 Å². The summed E-state index contributed by atoms with van der Waals surface area (Å²) in [5.41, 5.74) is 3.99. The van der Waals surface area contributed by atoms with Gasteiger partial charge in [-0.1, -0.05) is 54.1 Å². The van der Waals surface area contributed by atoms with Gasteiger partial charge in [0.1, 0.15) is 0 Å². The van der Waals surface area contributed by atoms with Gasteiger partial charge in [0.05, 0.1) is 12.5 Å². The fourth-order valence-electron chi connectivity index (χ4n) is 3.38. The minimum absolute atomic E-state index is 0. The first-order valence-electron chi connectivity index (χ1n) is 10.1. The number of aryl methyl sites for hydroxylation is 1. The van der Waals surface area contributed by atoms with Crippen LogP contribution in [-0.4, -0.2) is 76.3 Å². The molecule has 1 aliphatic rings. The Labute approximate surface area is 214 Å². The molecule has 3 rings (SSSR count). The predicted octanol–water partition coefficient (Wildman–Crippen LogP) is 1.68. The van der Waals surface area contributed by atoms with Gasteiger partial charge in [-0.3, -0.25) is 14.4 Å². The number of carboxylic acid groups (broad SMARTS) is 1. The van der Waals surface area contributed by atoms with Crippen molar-refractivity contribution in [1.82, 2.24) is 15.5 Å². The zero-order chi connectivity index (χ0) is 23.3. The Morgan fingerprint density at radius 1 is 1.03 bits per heavy atom. The number of hydrogen-bond acceptors (Lipinski definition) is 4.